The Labute approximate surface area is 173 Å². The second-order valence-corrected chi connectivity index (χ2v) is 8.08. The van der Waals surface area contributed by atoms with Gasteiger partial charge in [-0.1, -0.05) is 6.57 Å². The molecular formula is C21H20FN7O. The van der Waals surface area contributed by atoms with Crippen LogP contribution in [0.4, 0.5) is 16.0 Å². The van der Waals surface area contributed by atoms with E-state index >= 15 is 0 Å². The van der Waals surface area contributed by atoms with Gasteiger partial charge in [-0.25, -0.2) is 9.40 Å². The lowest BCUT2D eigenvalue weighted by atomic mass is 9.87. The zero-order valence-corrected chi connectivity index (χ0v) is 16.3. The third-order valence-corrected chi connectivity index (χ3v) is 6.27. The quantitative estimate of drug-likeness (QED) is 0.733. The minimum absolute atomic E-state index is 0.0199. The molecular weight excluding hydrogens is 385 g/mol. The summed E-state index contributed by atoms with van der Waals surface area (Å²) >= 11 is 0. The predicted molar refractivity (Wildman–Crippen MR) is 107 cm³/mol. The van der Waals surface area contributed by atoms with E-state index in [-0.39, 0.29) is 23.4 Å². The number of pyridine rings is 1. The number of piperidine rings is 1. The van der Waals surface area contributed by atoms with E-state index in [2.05, 4.69) is 29.8 Å². The lowest BCUT2D eigenvalue weighted by Gasteiger charge is -2.41. The van der Waals surface area contributed by atoms with Gasteiger partial charge in [-0.3, -0.25) is 9.78 Å². The third-order valence-electron chi connectivity index (χ3n) is 6.27. The van der Waals surface area contributed by atoms with Gasteiger partial charge >= 0.3 is 0 Å². The van der Waals surface area contributed by atoms with Crippen LogP contribution in [-0.4, -0.2) is 44.2 Å². The van der Waals surface area contributed by atoms with E-state index in [0.29, 0.717) is 30.8 Å². The highest BCUT2D eigenvalue weighted by Crippen LogP contribution is 2.52. The molecule has 0 bridgehead atoms. The van der Waals surface area contributed by atoms with Crippen molar-refractivity contribution in [1.82, 2.24) is 20.0 Å². The second kappa shape index (κ2) is 7.13. The van der Waals surface area contributed by atoms with E-state index in [9.17, 15) is 9.18 Å². The Morgan fingerprint density at radius 2 is 2.13 bits per heavy atom. The molecule has 2 aliphatic heterocycles. The molecule has 3 aliphatic rings. The fourth-order valence-electron chi connectivity index (χ4n) is 4.63. The molecule has 0 N–H and O–H groups in total. The molecule has 1 aliphatic carbocycles. The van der Waals surface area contributed by atoms with Crippen molar-refractivity contribution >= 4 is 23.8 Å². The van der Waals surface area contributed by atoms with E-state index < -0.39 is 5.82 Å². The number of hydrogen-bond acceptors (Lipinski definition) is 6. The number of rotatable bonds is 3. The van der Waals surface area contributed by atoms with Crippen LogP contribution in [0.2, 0.25) is 0 Å². The van der Waals surface area contributed by atoms with Crippen LogP contribution < -0.4 is 4.90 Å². The van der Waals surface area contributed by atoms with Crippen molar-refractivity contribution in [3.63, 3.8) is 0 Å². The van der Waals surface area contributed by atoms with Crippen molar-refractivity contribution in [2.24, 2.45) is 11.0 Å². The molecule has 0 radical (unpaired) electrons. The first-order valence-electron chi connectivity index (χ1n) is 10.0. The molecule has 2 aromatic heterocycles. The molecule has 5 rings (SSSR count). The standard InChI is InChI=1S/C21H20FN7O/c1-23-18-9-19(26-13-25-18)28-7-3-14(10-21(28)4-5-21)20(30)29-17(2-6-27-29)15-8-16(22)12-24-11-15/h6,8-9,11-14,17H,2-5,7,10H2/t14-,17+/m1/s1. The van der Waals surface area contributed by atoms with Gasteiger partial charge in [0, 0.05) is 42.9 Å². The molecule has 0 unspecified atom stereocenters. The average molecular weight is 405 g/mol. The van der Waals surface area contributed by atoms with E-state index in [0.717, 1.165) is 31.3 Å². The SMILES string of the molecule is [C-]#[N+]c1cc(N2CC[C@@H](C(=O)N3N=CC[C@H]3c3cncc(F)c3)CC23CC3)ncn1. The molecule has 4 heterocycles. The number of amides is 1. The summed E-state index contributed by atoms with van der Waals surface area (Å²) in [7, 11) is 0. The zero-order valence-electron chi connectivity index (χ0n) is 16.3. The average Bonchev–Trinajstić information content (AvgIpc) is 3.34. The third kappa shape index (κ3) is 3.18. The van der Waals surface area contributed by atoms with E-state index in [1.807, 2.05) is 0 Å². The van der Waals surface area contributed by atoms with Gasteiger partial charge in [-0.2, -0.15) is 10.1 Å². The summed E-state index contributed by atoms with van der Waals surface area (Å²) in [5.41, 5.74) is 0.568. The maximum absolute atomic E-state index is 13.6. The van der Waals surface area contributed by atoms with Crippen LogP contribution in [0.3, 0.4) is 0 Å². The van der Waals surface area contributed by atoms with Gasteiger partial charge in [-0.05, 0) is 37.3 Å². The Balaban J connectivity index is 1.34. The zero-order chi connectivity index (χ0) is 20.7. The summed E-state index contributed by atoms with van der Waals surface area (Å²) in [6.45, 7) is 7.87. The van der Waals surface area contributed by atoms with Crippen LogP contribution >= 0.6 is 0 Å². The molecule has 30 heavy (non-hydrogen) atoms. The van der Waals surface area contributed by atoms with Crippen molar-refractivity contribution in [2.75, 3.05) is 11.4 Å². The lowest BCUT2D eigenvalue weighted by molar-refractivity contribution is -0.138. The molecule has 0 aromatic carbocycles. The van der Waals surface area contributed by atoms with Gasteiger partial charge in [-0.15, -0.1) is 4.98 Å². The second-order valence-electron chi connectivity index (χ2n) is 8.08. The maximum atomic E-state index is 13.6. The van der Waals surface area contributed by atoms with Gasteiger partial charge in [0.2, 0.25) is 12.2 Å². The first-order valence-corrected chi connectivity index (χ1v) is 10.0. The largest absolute Gasteiger partial charge is 0.360 e. The predicted octanol–water partition coefficient (Wildman–Crippen LogP) is 3.27. The van der Waals surface area contributed by atoms with Crippen LogP contribution in [0.25, 0.3) is 4.85 Å². The number of hydrazone groups is 1. The van der Waals surface area contributed by atoms with Crippen LogP contribution in [0.1, 0.15) is 43.7 Å². The Kier molecular flexibility index (Phi) is 4.42. The van der Waals surface area contributed by atoms with Crippen LogP contribution in [0, 0.1) is 18.3 Å². The smallest absolute Gasteiger partial charge is 0.274 e. The maximum Gasteiger partial charge on any atom is 0.274 e. The summed E-state index contributed by atoms with van der Waals surface area (Å²) in [5, 5.41) is 5.82. The van der Waals surface area contributed by atoms with Crippen LogP contribution in [0.5, 0.6) is 0 Å². The number of carbonyl (C=O) groups excluding carboxylic acids is 1. The number of anilines is 1. The van der Waals surface area contributed by atoms with E-state index in [4.69, 9.17) is 6.57 Å². The first-order chi connectivity index (χ1) is 14.6. The number of nitrogens with zero attached hydrogens (tertiary/aromatic N) is 7. The van der Waals surface area contributed by atoms with Crippen molar-refractivity contribution in [3.8, 4) is 0 Å². The van der Waals surface area contributed by atoms with E-state index in [1.54, 1.807) is 18.5 Å². The summed E-state index contributed by atoms with van der Waals surface area (Å²) in [6.07, 6.45) is 9.84. The summed E-state index contributed by atoms with van der Waals surface area (Å²) in [6, 6.07) is 2.83. The van der Waals surface area contributed by atoms with Gasteiger partial charge in [0.25, 0.3) is 5.82 Å². The Morgan fingerprint density at radius 1 is 1.27 bits per heavy atom. The molecule has 1 amide bonds. The van der Waals surface area contributed by atoms with Crippen molar-refractivity contribution in [1.29, 1.82) is 0 Å². The van der Waals surface area contributed by atoms with Crippen molar-refractivity contribution in [2.45, 2.75) is 43.7 Å². The van der Waals surface area contributed by atoms with Crippen LogP contribution in [-0.2, 0) is 4.79 Å². The molecule has 2 aromatic rings. The fraction of sp³-hybridized carbons (Fsp3) is 0.429. The van der Waals surface area contributed by atoms with Gasteiger partial charge in [0.05, 0.1) is 12.2 Å². The van der Waals surface area contributed by atoms with Crippen LogP contribution in [0.15, 0.2) is 36.0 Å². The highest BCUT2D eigenvalue weighted by Gasteiger charge is 2.54. The molecule has 152 valence electrons. The number of carbonyl (C=O) groups is 1. The molecule has 2 atom stereocenters. The highest BCUT2D eigenvalue weighted by molar-refractivity contribution is 5.82. The molecule has 1 saturated carbocycles. The van der Waals surface area contributed by atoms with Crippen molar-refractivity contribution < 1.29 is 9.18 Å². The Bertz CT molecular complexity index is 1060. The fourth-order valence-corrected chi connectivity index (χ4v) is 4.63. The van der Waals surface area contributed by atoms with Gasteiger partial charge < -0.3 is 9.74 Å². The molecule has 1 spiro atoms. The van der Waals surface area contributed by atoms with Gasteiger partial charge in [0.1, 0.15) is 11.6 Å². The molecule has 1 saturated heterocycles. The molecule has 8 nitrogen and oxygen atoms in total. The topological polar surface area (TPSA) is 78.9 Å². The highest BCUT2D eigenvalue weighted by atomic mass is 19.1. The molecule has 2 fully saturated rings. The van der Waals surface area contributed by atoms with Gasteiger partial charge in [0.15, 0.2) is 0 Å². The Hall–Kier alpha value is -3.41. The lowest BCUT2D eigenvalue weighted by Crippen LogP contribution is -2.48. The Morgan fingerprint density at radius 3 is 2.90 bits per heavy atom. The normalized spacial score (nSPS) is 24.1. The minimum atomic E-state index is -0.416. The monoisotopic (exact) mass is 405 g/mol. The summed E-state index contributed by atoms with van der Waals surface area (Å²) < 4.78 is 13.6. The summed E-state index contributed by atoms with van der Waals surface area (Å²) in [5.74, 6) is 0.494. The first kappa shape index (κ1) is 18.6. The number of aromatic nitrogens is 3. The minimum Gasteiger partial charge on any atom is -0.360 e. The summed E-state index contributed by atoms with van der Waals surface area (Å²) in [4.78, 5) is 31.2. The number of hydrogen-bond donors (Lipinski definition) is 0. The van der Waals surface area contributed by atoms with Crippen molar-refractivity contribution in [3.05, 3.63) is 53.7 Å². The van der Waals surface area contributed by atoms with E-state index in [1.165, 1.54) is 17.4 Å². The molecule has 9 heteroatoms. The number of halogens is 1.